The smallest absolute Gasteiger partial charge is 0.287 e. The monoisotopic (exact) mass is 1100 g/mol. The molecule has 392 valence electrons. The highest BCUT2D eigenvalue weighted by Gasteiger charge is 2.47. The summed E-state index contributed by atoms with van der Waals surface area (Å²) in [5.74, 6) is 0.0907. The van der Waals surface area contributed by atoms with E-state index in [9.17, 15) is 110 Å². The summed E-state index contributed by atoms with van der Waals surface area (Å²) in [6.45, 7) is 0.335. The van der Waals surface area contributed by atoms with Crippen LogP contribution in [0.4, 0.5) is 105 Å². The van der Waals surface area contributed by atoms with E-state index >= 15 is 0 Å². The van der Waals surface area contributed by atoms with Crippen LogP contribution in [0.5, 0.6) is 0 Å². The molecule has 0 atom stereocenters. The van der Waals surface area contributed by atoms with Crippen LogP contribution in [0.3, 0.4) is 0 Å². The van der Waals surface area contributed by atoms with Gasteiger partial charge in [0.1, 0.15) is 6.15 Å². The Morgan fingerprint density at radius 1 is 0.356 bits per heavy atom. The Labute approximate surface area is 398 Å². The van der Waals surface area contributed by atoms with E-state index in [4.69, 9.17) is 11.6 Å². The molecular formula is C45H23BClF24NO. The van der Waals surface area contributed by atoms with Crippen molar-refractivity contribution in [2.45, 2.75) is 56.0 Å². The van der Waals surface area contributed by atoms with Gasteiger partial charge in [-0.15, -0.1) is 0 Å². The largest absolute Gasteiger partial charge is 0.416 e. The molecule has 0 aliphatic carbocycles. The molecule has 1 heterocycles. The maximum Gasteiger partial charge on any atom is 0.416 e. The molecule has 0 saturated carbocycles. The molecule has 0 aliphatic heterocycles. The van der Waals surface area contributed by atoms with E-state index in [0.717, 1.165) is 5.56 Å². The molecule has 0 bridgehead atoms. The van der Waals surface area contributed by atoms with E-state index in [1.165, 1.54) is 0 Å². The zero-order chi connectivity index (χ0) is 55.3. The second-order valence-electron chi connectivity index (χ2n) is 15.7. The number of Topliss-reactive ketones (excluding diaryl/α,β-unsaturated/α-hetero) is 1. The summed E-state index contributed by atoms with van der Waals surface area (Å²) in [6.07, 6.45) is -51.2. The fraction of sp³-hybridized carbons (Fsp3) is 0.200. The molecule has 0 radical (unpaired) electrons. The Kier molecular flexibility index (Phi) is 15.6. The maximum absolute atomic E-state index is 14.2. The second kappa shape index (κ2) is 19.8. The predicted octanol–water partition coefficient (Wildman–Crippen LogP) is 13.7. The third kappa shape index (κ3) is 13.6. The fourth-order valence-electron chi connectivity index (χ4n) is 7.50. The topological polar surface area (TPSA) is 20.9 Å². The Morgan fingerprint density at radius 3 is 0.781 bits per heavy atom. The average molecular weight is 1100 g/mol. The van der Waals surface area contributed by atoms with Gasteiger partial charge in [-0.25, -0.2) is 0 Å². The van der Waals surface area contributed by atoms with Gasteiger partial charge in [-0.2, -0.15) is 132 Å². The highest BCUT2D eigenvalue weighted by Crippen LogP contribution is 2.41. The van der Waals surface area contributed by atoms with Crippen molar-refractivity contribution in [3.63, 3.8) is 0 Å². The van der Waals surface area contributed by atoms with Crippen LogP contribution in [0.25, 0.3) is 0 Å². The molecule has 0 aliphatic rings. The molecule has 28 heteroatoms. The summed E-state index contributed by atoms with van der Waals surface area (Å²) in [6, 6.07) is 3.97. The minimum Gasteiger partial charge on any atom is -0.287 e. The molecule has 73 heavy (non-hydrogen) atoms. The van der Waals surface area contributed by atoms with Crippen LogP contribution in [0.1, 0.15) is 54.9 Å². The van der Waals surface area contributed by atoms with Crippen molar-refractivity contribution >= 4 is 45.4 Å². The number of rotatable bonds is 7. The molecule has 0 N–H and O–H groups in total. The summed E-state index contributed by atoms with van der Waals surface area (Å²) in [5.41, 5.74) is -29.5. The zero-order valence-electron chi connectivity index (χ0n) is 35.2. The van der Waals surface area contributed by atoms with Gasteiger partial charge in [0.25, 0.3) is 0 Å². The van der Waals surface area contributed by atoms with Gasteiger partial charge in [-0.05, 0) is 24.3 Å². The Morgan fingerprint density at radius 2 is 0.575 bits per heavy atom. The first-order valence-corrected chi connectivity index (χ1v) is 20.0. The number of benzene rings is 5. The normalized spacial score (nSPS) is 13.4. The van der Waals surface area contributed by atoms with Gasteiger partial charge in [-0.1, -0.05) is 90.5 Å². The third-order valence-electron chi connectivity index (χ3n) is 10.7. The SMILES string of the molecule is FC(F)(F)c1cc([B-](c2cc(C(F)(F)F)cc(C(F)(F)F)c2)(c2cc(C(F)(F)F)cc(C(F)(F)F)c2)c2cc(C(F)(F)F)cc(C(F)(F)F)c2)cc(C(F)(F)F)c1.O=C(C[n+]1ccc(Cl)cc1)c1ccccc1. The summed E-state index contributed by atoms with van der Waals surface area (Å²) in [4.78, 5) is 11.8. The van der Waals surface area contributed by atoms with Crippen LogP contribution in [0.2, 0.25) is 5.02 Å². The molecule has 0 amide bonds. The molecule has 5 aromatic carbocycles. The van der Waals surface area contributed by atoms with E-state index in [0.29, 0.717) is 11.6 Å². The van der Waals surface area contributed by atoms with E-state index in [-0.39, 0.29) is 5.78 Å². The lowest BCUT2D eigenvalue weighted by Crippen LogP contribution is -2.75. The van der Waals surface area contributed by atoms with Crippen molar-refractivity contribution in [1.29, 1.82) is 0 Å². The molecule has 0 spiro atoms. The lowest BCUT2D eigenvalue weighted by molar-refractivity contribution is -0.683. The molecule has 1 aromatic heterocycles. The van der Waals surface area contributed by atoms with Gasteiger partial charge < -0.3 is 0 Å². The molecule has 6 aromatic rings. The average Bonchev–Trinajstić information content (AvgIpc) is 3.25. The Hall–Kier alpha value is -6.41. The number of nitrogens with zero attached hydrogens (tertiary/aromatic N) is 1. The quantitative estimate of drug-likeness (QED) is 0.0675. The molecule has 6 rings (SSSR count). The highest BCUT2D eigenvalue weighted by molar-refractivity contribution is 7.20. The van der Waals surface area contributed by atoms with Crippen LogP contribution in [-0.2, 0) is 56.0 Å². The third-order valence-corrected chi connectivity index (χ3v) is 11.0. The van der Waals surface area contributed by atoms with Gasteiger partial charge in [0.2, 0.25) is 12.3 Å². The molecule has 0 saturated heterocycles. The summed E-state index contributed by atoms with van der Waals surface area (Å²) in [7, 11) is 0. The predicted molar refractivity (Wildman–Crippen MR) is 212 cm³/mol. The van der Waals surface area contributed by atoms with Crippen LogP contribution in [-0.4, -0.2) is 11.9 Å². The lowest BCUT2D eigenvalue weighted by atomic mass is 9.12. The zero-order valence-corrected chi connectivity index (χ0v) is 36.0. The van der Waals surface area contributed by atoms with Crippen molar-refractivity contribution in [1.82, 2.24) is 0 Å². The first-order chi connectivity index (χ1) is 33.0. The second-order valence-corrected chi connectivity index (χ2v) is 16.1. The van der Waals surface area contributed by atoms with Crippen LogP contribution >= 0.6 is 11.6 Å². The molecule has 2 nitrogen and oxygen atoms in total. The van der Waals surface area contributed by atoms with Crippen LogP contribution in [0, 0.1) is 0 Å². The summed E-state index contributed by atoms with van der Waals surface area (Å²) in [5, 5.41) is 0.670. The number of carbonyl (C=O) groups excluding carboxylic acids is 1. The van der Waals surface area contributed by atoms with Crippen molar-refractivity contribution in [3.05, 3.63) is 183 Å². The standard InChI is InChI=1S/C32H12BF24.C13H11ClNO/c34-25(35,36)13-1-14(26(37,38)39)6-21(5-13)33(22-7-15(27(40,41)42)2-16(8-22)28(43,44)45,23-9-17(29(46,47)48)3-18(10-23)30(49,50)51)24-11-19(31(52,53)54)4-20(12-24)32(55,56)57;14-12-6-8-15(9-7-12)10-13(16)11-4-2-1-3-5-11/h1-12H;1-9H,10H2/q-1;+1. The Bertz CT molecular complexity index is 2510. The minimum atomic E-state index is -6.13. The molecule has 0 fully saturated rings. The van der Waals surface area contributed by atoms with Crippen molar-refractivity contribution in [3.8, 4) is 0 Å². The number of alkyl halides is 24. The Balaban J connectivity index is 0.000000520. The van der Waals surface area contributed by atoms with Gasteiger partial charge in [0.05, 0.1) is 49.5 Å². The number of carbonyl (C=O) groups is 1. The van der Waals surface area contributed by atoms with Gasteiger partial charge in [0.15, 0.2) is 12.4 Å². The number of aromatic nitrogens is 1. The summed E-state index contributed by atoms with van der Waals surface area (Å²) < 4.78 is 343. The van der Waals surface area contributed by atoms with Gasteiger partial charge in [-0.3, -0.25) is 4.79 Å². The fourth-order valence-corrected chi connectivity index (χ4v) is 7.61. The maximum atomic E-state index is 14.2. The number of halogens is 25. The number of hydrogen-bond donors (Lipinski definition) is 0. The van der Waals surface area contributed by atoms with E-state index in [1.807, 2.05) is 30.3 Å². The van der Waals surface area contributed by atoms with Crippen LogP contribution in [0.15, 0.2) is 128 Å². The first-order valence-electron chi connectivity index (χ1n) is 19.6. The molecular weight excluding hydrogens is 1070 g/mol. The van der Waals surface area contributed by atoms with Crippen molar-refractivity contribution in [2.24, 2.45) is 0 Å². The summed E-state index contributed by atoms with van der Waals surface area (Å²) >= 11 is 5.77. The number of hydrogen-bond acceptors (Lipinski definition) is 1. The lowest BCUT2D eigenvalue weighted by Gasteiger charge is -2.46. The van der Waals surface area contributed by atoms with Crippen molar-refractivity contribution < 1.29 is 115 Å². The van der Waals surface area contributed by atoms with Gasteiger partial charge in [0, 0.05) is 17.7 Å². The minimum absolute atomic E-state index is 0.0907. The molecule has 0 unspecified atom stereocenters. The van der Waals surface area contributed by atoms with Gasteiger partial charge >= 0.3 is 49.4 Å². The van der Waals surface area contributed by atoms with E-state index in [1.54, 1.807) is 29.1 Å². The first kappa shape index (κ1) is 57.5. The van der Waals surface area contributed by atoms with E-state index in [2.05, 4.69) is 0 Å². The van der Waals surface area contributed by atoms with E-state index < -0.39 is 195 Å². The van der Waals surface area contributed by atoms with Crippen LogP contribution < -0.4 is 26.4 Å². The number of ketones is 1. The number of pyridine rings is 1. The highest BCUT2D eigenvalue weighted by atomic mass is 35.5. The van der Waals surface area contributed by atoms with Crippen molar-refractivity contribution in [2.75, 3.05) is 0 Å².